The third-order valence-electron chi connectivity index (χ3n) is 4.40. The quantitative estimate of drug-likeness (QED) is 0.845. The zero-order valence-corrected chi connectivity index (χ0v) is 14.1. The molecule has 0 radical (unpaired) electrons. The number of nitrogens with two attached hydrogens (primary N) is 1. The monoisotopic (exact) mass is 340 g/mol. The largest absolute Gasteiger partial charge is 0.493 e. The fourth-order valence-corrected chi connectivity index (χ4v) is 2.97. The summed E-state index contributed by atoms with van der Waals surface area (Å²) >= 11 is 0. The van der Waals surface area contributed by atoms with E-state index in [1.165, 1.54) is 20.3 Å². The molecule has 0 heterocycles. The van der Waals surface area contributed by atoms with Crippen LogP contribution < -0.4 is 20.5 Å². The van der Waals surface area contributed by atoms with Crippen LogP contribution in [-0.2, 0) is 4.79 Å². The van der Waals surface area contributed by atoms with E-state index in [0.29, 0.717) is 17.2 Å². The smallest absolute Gasteiger partial charge is 0.250 e. The zero-order chi connectivity index (χ0) is 18.0. The molecule has 6 nitrogen and oxygen atoms in total. The van der Waals surface area contributed by atoms with E-state index in [2.05, 4.69) is 5.32 Å². The van der Waals surface area contributed by atoms with Crippen molar-refractivity contribution in [3.05, 3.63) is 53.6 Å². The third-order valence-corrected chi connectivity index (χ3v) is 4.40. The van der Waals surface area contributed by atoms with Gasteiger partial charge in [-0.2, -0.15) is 0 Å². The minimum Gasteiger partial charge on any atom is -0.493 e. The second-order valence-electron chi connectivity index (χ2n) is 5.97. The van der Waals surface area contributed by atoms with Gasteiger partial charge in [0.15, 0.2) is 11.5 Å². The lowest BCUT2D eigenvalue weighted by atomic mass is 10.1. The molecule has 1 aliphatic carbocycles. The van der Waals surface area contributed by atoms with E-state index < -0.39 is 5.91 Å². The first-order valence-electron chi connectivity index (χ1n) is 7.96. The highest BCUT2D eigenvalue weighted by Gasteiger charge is 2.44. The van der Waals surface area contributed by atoms with Gasteiger partial charge in [0.05, 0.1) is 25.5 Å². The fourth-order valence-electron chi connectivity index (χ4n) is 2.97. The molecule has 2 aromatic carbocycles. The Morgan fingerprint density at radius 1 is 1.08 bits per heavy atom. The number of hydrogen-bond donors (Lipinski definition) is 2. The summed E-state index contributed by atoms with van der Waals surface area (Å²) in [5, 5.41) is 2.80. The summed E-state index contributed by atoms with van der Waals surface area (Å²) in [6.07, 6.45) is 0.787. The van der Waals surface area contributed by atoms with Gasteiger partial charge >= 0.3 is 0 Å². The van der Waals surface area contributed by atoms with E-state index in [4.69, 9.17) is 15.2 Å². The minimum absolute atomic E-state index is 0.115. The molecule has 2 atom stereocenters. The van der Waals surface area contributed by atoms with Crippen LogP contribution in [0.1, 0.15) is 28.3 Å². The summed E-state index contributed by atoms with van der Waals surface area (Å²) in [6.45, 7) is 0. The van der Waals surface area contributed by atoms with Gasteiger partial charge in [0.2, 0.25) is 5.91 Å². The molecule has 0 saturated heterocycles. The first-order valence-corrected chi connectivity index (χ1v) is 7.96. The highest BCUT2D eigenvalue weighted by Crippen LogP contribution is 2.48. The van der Waals surface area contributed by atoms with Crippen LogP contribution in [0.25, 0.3) is 0 Å². The molecule has 2 aromatic rings. The number of anilines is 1. The van der Waals surface area contributed by atoms with Crippen LogP contribution in [0.2, 0.25) is 0 Å². The molecular weight excluding hydrogens is 320 g/mol. The Morgan fingerprint density at radius 3 is 2.32 bits per heavy atom. The maximum atomic E-state index is 12.6. The van der Waals surface area contributed by atoms with Crippen molar-refractivity contribution in [1.82, 2.24) is 0 Å². The molecule has 1 fully saturated rings. The average molecular weight is 340 g/mol. The molecule has 25 heavy (non-hydrogen) atoms. The van der Waals surface area contributed by atoms with Crippen molar-refractivity contribution >= 4 is 17.5 Å². The Morgan fingerprint density at radius 2 is 1.72 bits per heavy atom. The molecule has 0 unspecified atom stereocenters. The number of amides is 2. The van der Waals surface area contributed by atoms with Crippen LogP contribution in [0.5, 0.6) is 11.5 Å². The van der Waals surface area contributed by atoms with Crippen LogP contribution in [-0.4, -0.2) is 26.0 Å². The Kier molecular flexibility index (Phi) is 4.61. The minimum atomic E-state index is -0.647. The van der Waals surface area contributed by atoms with Crippen LogP contribution in [0.3, 0.4) is 0 Å². The van der Waals surface area contributed by atoms with Gasteiger partial charge in [0.25, 0.3) is 5.91 Å². The number of benzene rings is 2. The molecule has 3 rings (SSSR count). The van der Waals surface area contributed by atoms with E-state index in [1.807, 2.05) is 30.3 Å². The second kappa shape index (κ2) is 6.84. The van der Waals surface area contributed by atoms with Gasteiger partial charge in [-0.05, 0) is 24.0 Å². The predicted molar refractivity (Wildman–Crippen MR) is 94.0 cm³/mol. The number of rotatable bonds is 6. The predicted octanol–water partition coefficient (Wildman–Crippen LogP) is 2.54. The molecule has 6 heteroatoms. The van der Waals surface area contributed by atoms with Gasteiger partial charge in [-0.1, -0.05) is 30.3 Å². The molecule has 130 valence electrons. The third kappa shape index (κ3) is 3.42. The van der Waals surface area contributed by atoms with Crippen LogP contribution in [0.4, 0.5) is 5.69 Å². The van der Waals surface area contributed by atoms with Crippen molar-refractivity contribution in [1.29, 1.82) is 0 Å². The maximum absolute atomic E-state index is 12.6. The lowest BCUT2D eigenvalue weighted by Gasteiger charge is -2.14. The summed E-state index contributed by atoms with van der Waals surface area (Å²) in [6, 6.07) is 12.9. The maximum Gasteiger partial charge on any atom is 0.250 e. The van der Waals surface area contributed by atoms with Crippen molar-refractivity contribution < 1.29 is 19.1 Å². The first-order chi connectivity index (χ1) is 12.0. The van der Waals surface area contributed by atoms with Gasteiger partial charge in [-0.25, -0.2) is 0 Å². The lowest BCUT2D eigenvalue weighted by molar-refractivity contribution is -0.117. The molecule has 0 aromatic heterocycles. The Hall–Kier alpha value is -3.02. The summed E-state index contributed by atoms with van der Waals surface area (Å²) in [5.74, 6) is 0.103. The number of primary amides is 1. The molecule has 1 saturated carbocycles. The first kappa shape index (κ1) is 16.8. The Balaban J connectivity index is 1.80. The molecule has 1 aliphatic rings. The van der Waals surface area contributed by atoms with Crippen LogP contribution in [0.15, 0.2) is 42.5 Å². The lowest BCUT2D eigenvalue weighted by Crippen LogP contribution is -2.20. The van der Waals surface area contributed by atoms with Crippen molar-refractivity contribution in [3.63, 3.8) is 0 Å². The Labute approximate surface area is 145 Å². The van der Waals surface area contributed by atoms with Gasteiger partial charge in [-0.3, -0.25) is 9.59 Å². The van der Waals surface area contributed by atoms with Crippen LogP contribution >= 0.6 is 0 Å². The Bertz CT molecular complexity index is 805. The molecule has 0 spiro atoms. The number of methoxy groups -OCH3 is 2. The number of nitrogens with one attached hydrogen (secondary N) is 1. The van der Waals surface area contributed by atoms with Gasteiger partial charge in [0, 0.05) is 12.0 Å². The van der Waals surface area contributed by atoms with Gasteiger partial charge < -0.3 is 20.5 Å². The topological polar surface area (TPSA) is 90.6 Å². The van der Waals surface area contributed by atoms with Crippen molar-refractivity contribution in [3.8, 4) is 11.5 Å². The summed E-state index contributed by atoms with van der Waals surface area (Å²) in [7, 11) is 2.95. The van der Waals surface area contributed by atoms with E-state index in [-0.39, 0.29) is 23.3 Å². The molecular formula is C19H20N2O4. The average Bonchev–Trinajstić information content (AvgIpc) is 3.42. The number of carbonyl (C=O) groups excluding carboxylic acids is 2. The van der Waals surface area contributed by atoms with E-state index in [0.717, 1.165) is 12.0 Å². The van der Waals surface area contributed by atoms with Crippen molar-refractivity contribution in [2.75, 3.05) is 19.5 Å². The van der Waals surface area contributed by atoms with E-state index >= 15 is 0 Å². The summed E-state index contributed by atoms with van der Waals surface area (Å²) in [4.78, 5) is 24.3. The van der Waals surface area contributed by atoms with Crippen LogP contribution in [0, 0.1) is 5.92 Å². The van der Waals surface area contributed by atoms with Gasteiger partial charge in [-0.15, -0.1) is 0 Å². The highest BCUT2D eigenvalue weighted by molar-refractivity contribution is 6.05. The van der Waals surface area contributed by atoms with E-state index in [1.54, 1.807) is 6.07 Å². The normalized spacial score (nSPS) is 18.3. The SMILES string of the molecule is COc1cc(NC(=O)[C@@H]2C[C@H]2c2ccccc2)c(C(N)=O)cc1OC. The van der Waals surface area contributed by atoms with Gasteiger partial charge in [0.1, 0.15) is 0 Å². The number of ether oxygens (including phenoxy) is 2. The highest BCUT2D eigenvalue weighted by atomic mass is 16.5. The summed E-state index contributed by atoms with van der Waals surface area (Å²) in [5.41, 5.74) is 7.08. The summed E-state index contributed by atoms with van der Waals surface area (Å²) < 4.78 is 10.4. The molecule has 3 N–H and O–H groups in total. The number of carbonyl (C=O) groups is 2. The standard InChI is InChI=1S/C19H20N2O4/c1-24-16-9-14(18(20)22)15(10-17(16)25-2)21-19(23)13-8-12(13)11-6-4-3-5-7-11/h3-7,9-10,12-13H,8H2,1-2H3,(H2,20,22)(H,21,23)/t12-,13+/m0/s1. The molecule has 2 amide bonds. The van der Waals surface area contributed by atoms with Crippen molar-refractivity contribution in [2.45, 2.75) is 12.3 Å². The second-order valence-corrected chi connectivity index (χ2v) is 5.97. The molecule has 0 aliphatic heterocycles. The fraction of sp³-hybridized carbons (Fsp3) is 0.263. The van der Waals surface area contributed by atoms with Crippen molar-refractivity contribution in [2.24, 2.45) is 11.7 Å². The van der Waals surface area contributed by atoms with E-state index in [9.17, 15) is 9.59 Å². The molecule has 0 bridgehead atoms. The zero-order valence-electron chi connectivity index (χ0n) is 14.1. The number of hydrogen-bond acceptors (Lipinski definition) is 4.